The molecular formula is C14H17N3O4. The molecule has 112 valence electrons. The third-order valence-corrected chi connectivity index (χ3v) is 3.47. The van der Waals surface area contributed by atoms with Gasteiger partial charge >= 0.3 is 5.97 Å². The molecule has 0 fully saturated rings. The lowest BCUT2D eigenvalue weighted by Crippen LogP contribution is -2.50. The van der Waals surface area contributed by atoms with Crippen molar-refractivity contribution in [2.45, 2.75) is 26.3 Å². The van der Waals surface area contributed by atoms with Crippen molar-refractivity contribution >= 4 is 11.9 Å². The predicted octanol–water partition coefficient (Wildman–Crippen LogP) is 1.91. The first-order chi connectivity index (χ1) is 9.73. The monoisotopic (exact) mass is 291 g/mol. The van der Waals surface area contributed by atoms with Gasteiger partial charge in [-0.05, 0) is 32.9 Å². The number of hydrogen-bond acceptors (Lipinski definition) is 4. The van der Waals surface area contributed by atoms with Gasteiger partial charge in [-0.3, -0.25) is 9.89 Å². The fraction of sp³-hybridized carbons (Fsp3) is 0.357. The standard InChI is InChI=1S/C14H17N3O4/c1-8-5-6-11(21-8)9-7-10(16-15-9)12(18)17(4)14(2,3)13(19)20/h5-7H,1-4H3,(H,15,16)(H,19,20). The van der Waals surface area contributed by atoms with E-state index < -0.39 is 17.4 Å². The largest absolute Gasteiger partial charge is 0.480 e. The molecule has 0 saturated heterocycles. The molecule has 0 atom stereocenters. The quantitative estimate of drug-likeness (QED) is 0.896. The van der Waals surface area contributed by atoms with E-state index in [-0.39, 0.29) is 5.69 Å². The summed E-state index contributed by atoms with van der Waals surface area (Å²) < 4.78 is 5.44. The number of aromatic amines is 1. The minimum atomic E-state index is -1.32. The number of likely N-dealkylation sites (N-methyl/N-ethyl adjacent to an activating group) is 1. The van der Waals surface area contributed by atoms with Gasteiger partial charge < -0.3 is 14.4 Å². The van der Waals surface area contributed by atoms with Gasteiger partial charge in [0.25, 0.3) is 5.91 Å². The molecule has 1 amide bonds. The van der Waals surface area contributed by atoms with Crippen LogP contribution in [0, 0.1) is 6.92 Å². The van der Waals surface area contributed by atoms with Crippen molar-refractivity contribution in [3.05, 3.63) is 29.7 Å². The molecule has 7 heteroatoms. The van der Waals surface area contributed by atoms with Crippen LogP contribution in [-0.2, 0) is 4.79 Å². The molecule has 0 bridgehead atoms. The average molecular weight is 291 g/mol. The number of carbonyl (C=O) groups excluding carboxylic acids is 1. The van der Waals surface area contributed by atoms with Crippen molar-refractivity contribution in [3.8, 4) is 11.5 Å². The van der Waals surface area contributed by atoms with Crippen LogP contribution in [0.25, 0.3) is 11.5 Å². The van der Waals surface area contributed by atoms with E-state index in [2.05, 4.69) is 10.2 Å². The topological polar surface area (TPSA) is 99.4 Å². The molecule has 0 radical (unpaired) electrons. The van der Waals surface area contributed by atoms with Crippen LogP contribution in [0.2, 0.25) is 0 Å². The Morgan fingerprint density at radius 1 is 1.38 bits per heavy atom. The lowest BCUT2D eigenvalue weighted by Gasteiger charge is -2.30. The van der Waals surface area contributed by atoms with Crippen LogP contribution in [0.5, 0.6) is 0 Å². The summed E-state index contributed by atoms with van der Waals surface area (Å²) in [6.45, 7) is 4.72. The van der Waals surface area contributed by atoms with E-state index in [0.29, 0.717) is 11.5 Å². The number of aliphatic carboxylic acids is 1. The first kappa shape index (κ1) is 14.8. The normalized spacial score (nSPS) is 11.4. The average Bonchev–Trinajstić information content (AvgIpc) is 3.05. The number of carboxylic acid groups (broad SMARTS) is 1. The first-order valence-corrected chi connectivity index (χ1v) is 6.37. The van der Waals surface area contributed by atoms with Crippen molar-refractivity contribution in [1.82, 2.24) is 15.1 Å². The zero-order chi connectivity index (χ0) is 15.8. The molecule has 0 aromatic carbocycles. The molecular weight excluding hydrogens is 274 g/mol. The number of nitrogens with one attached hydrogen (secondary N) is 1. The Morgan fingerprint density at radius 3 is 2.57 bits per heavy atom. The minimum absolute atomic E-state index is 0.135. The molecule has 2 aromatic rings. The molecule has 0 unspecified atom stereocenters. The molecule has 7 nitrogen and oxygen atoms in total. The molecule has 2 aromatic heterocycles. The van der Waals surface area contributed by atoms with E-state index in [0.717, 1.165) is 10.7 Å². The molecule has 21 heavy (non-hydrogen) atoms. The Hall–Kier alpha value is -2.57. The van der Waals surface area contributed by atoms with Crippen LogP contribution in [0.3, 0.4) is 0 Å². The summed E-state index contributed by atoms with van der Waals surface area (Å²) >= 11 is 0. The Balaban J connectivity index is 2.25. The highest BCUT2D eigenvalue weighted by Crippen LogP contribution is 2.22. The predicted molar refractivity (Wildman–Crippen MR) is 74.8 cm³/mol. The van der Waals surface area contributed by atoms with Gasteiger partial charge in [0.2, 0.25) is 0 Å². The Morgan fingerprint density at radius 2 is 2.05 bits per heavy atom. The van der Waals surface area contributed by atoms with Crippen molar-refractivity contribution in [3.63, 3.8) is 0 Å². The lowest BCUT2D eigenvalue weighted by molar-refractivity contribution is -0.147. The van der Waals surface area contributed by atoms with Crippen molar-refractivity contribution in [1.29, 1.82) is 0 Å². The number of H-pyrrole nitrogens is 1. The maximum absolute atomic E-state index is 12.3. The van der Waals surface area contributed by atoms with Gasteiger partial charge in [-0.15, -0.1) is 0 Å². The molecule has 2 heterocycles. The maximum Gasteiger partial charge on any atom is 0.329 e. The molecule has 0 aliphatic carbocycles. The molecule has 0 spiro atoms. The number of nitrogens with zero attached hydrogens (tertiary/aromatic N) is 2. The van der Waals surface area contributed by atoms with Crippen LogP contribution >= 0.6 is 0 Å². The van der Waals surface area contributed by atoms with E-state index in [1.807, 2.05) is 6.92 Å². The third kappa shape index (κ3) is 2.67. The van der Waals surface area contributed by atoms with Crippen molar-refractivity contribution in [2.24, 2.45) is 0 Å². The van der Waals surface area contributed by atoms with Gasteiger partial charge in [0, 0.05) is 13.1 Å². The highest BCUT2D eigenvalue weighted by molar-refractivity contribution is 5.96. The van der Waals surface area contributed by atoms with Crippen LogP contribution in [0.15, 0.2) is 22.6 Å². The van der Waals surface area contributed by atoms with E-state index in [1.54, 1.807) is 12.1 Å². The number of hydrogen-bond donors (Lipinski definition) is 2. The third-order valence-electron chi connectivity index (χ3n) is 3.47. The van der Waals surface area contributed by atoms with Gasteiger partial charge in [-0.1, -0.05) is 0 Å². The zero-order valence-corrected chi connectivity index (χ0v) is 12.3. The van der Waals surface area contributed by atoms with Crippen LogP contribution < -0.4 is 0 Å². The highest BCUT2D eigenvalue weighted by Gasteiger charge is 2.36. The number of carbonyl (C=O) groups is 2. The van der Waals surface area contributed by atoms with Gasteiger partial charge in [0.15, 0.2) is 11.5 Å². The molecule has 2 N–H and O–H groups in total. The van der Waals surface area contributed by atoms with E-state index in [1.165, 1.54) is 27.0 Å². The number of amides is 1. The fourth-order valence-corrected chi connectivity index (χ4v) is 1.71. The van der Waals surface area contributed by atoms with Crippen LogP contribution in [-0.4, -0.2) is 44.7 Å². The van der Waals surface area contributed by atoms with Crippen LogP contribution in [0.4, 0.5) is 0 Å². The summed E-state index contributed by atoms with van der Waals surface area (Å²) in [6, 6.07) is 5.11. The first-order valence-electron chi connectivity index (χ1n) is 6.37. The van der Waals surface area contributed by atoms with Gasteiger partial charge in [-0.25, -0.2) is 4.79 Å². The summed E-state index contributed by atoms with van der Waals surface area (Å²) in [5.41, 5.74) is -0.624. The summed E-state index contributed by atoms with van der Waals surface area (Å²) in [5, 5.41) is 15.8. The number of furan rings is 1. The second-order valence-corrected chi connectivity index (χ2v) is 5.31. The Bertz CT molecular complexity index is 684. The van der Waals surface area contributed by atoms with Crippen LogP contribution in [0.1, 0.15) is 30.1 Å². The minimum Gasteiger partial charge on any atom is -0.480 e. The number of rotatable bonds is 4. The van der Waals surface area contributed by atoms with Gasteiger partial charge in [0.1, 0.15) is 17.0 Å². The second kappa shape index (κ2) is 5.08. The summed E-state index contributed by atoms with van der Waals surface area (Å²) in [4.78, 5) is 24.6. The summed E-state index contributed by atoms with van der Waals surface area (Å²) in [7, 11) is 1.43. The SMILES string of the molecule is Cc1ccc(-c2cc(C(=O)N(C)C(C)(C)C(=O)O)n[nH]2)o1. The highest BCUT2D eigenvalue weighted by atomic mass is 16.4. The molecule has 0 aliphatic heterocycles. The fourth-order valence-electron chi connectivity index (χ4n) is 1.71. The van der Waals surface area contributed by atoms with Gasteiger partial charge in [0.05, 0.1) is 0 Å². The Kier molecular flexibility index (Phi) is 3.59. The smallest absolute Gasteiger partial charge is 0.329 e. The second-order valence-electron chi connectivity index (χ2n) is 5.31. The lowest BCUT2D eigenvalue weighted by atomic mass is 10.0. The number of carboxylic acids is 1. The number of aromatic nitrogens is 2. The summed E-state index contributed by atoms with van der Waals surface area (Å²) in [5.74, 6) is -0.250. The summed E-state index contributed by atoms with van der Waals surface area (Å²) in [6.07, 6.45) is 0. The maximum atomic E-state index is 12.3. The van der Waals surface area contributed by atoms with Gasteiger partial charge in [-0.2, -0.15) is 5.10 Å². The molecule has 2 rings (SSSR count). The van der Waals surface area contributed by atoms with Crippen molar-refractivity contribution in [2.75, 3.05) is 7.05 Å². The van der Waals surface area contributed by atoms with E-state index in [9.17, 15) is 9.59 Å². The molecule has 0 saturated carbocycles. The zero-order valence-electron chi connectivity index (χ0n) is 12.3. The molecule has 0 aliphatic rings. The Labute approximate surface area is 121 Å². The van der Waals surface area contributed by atoms with Crippen molar-refractivity contribution < 1.29 is 19.1 Å². The van der Waals surface area contributed by atoms with E-state index in [4.69, 9.17) is 9.52 Å². The number of aryl methyl sites for hydroxylation is 1. The van der Waals surface area contributed by atoms with E-state index >= 15 is 0 Å².